The van der Waals surface area contributed by atoms with Gasteiger partial charge in [-0.3, -0.25) is 4.90 Å². The quantitative estimate of drug-likeness (QED) is 0.158. The first-order valence-corrected chi connectivity index (χ1v) is 12.2. The van der Waals surface area contributed by atoms with E-state index in [4.69, 9.17) is 4.74 Å². The maximum Gasteiger partial charge on any atom is 0.339 e. The van der Waals surface area contributed by atoms with E-state index in [2.05, 4.69) is 30.6 Å². The van der Waals surface area contributed by atoms with E-state index in [1.165, 1.54) is 77.0 Å². The Bertz CT molecular complexity index is 572. The van der Waals surface area contributed by atoms with Crippen LogP contribution in [0.5, 0.6) is 0 Å². The summed E-state index contributed by atoms with van der Waals surface area (Å²) in [6.07, 6.45) is 15.9. The summed E-state index contributed by atoms with van der Waals surface area (Å²) in [6.45, 7) is 7.71. The van der Waals surface area contributed by atoms with Gasteiger partial charge in [-0.15, -0.1) is 0 Å². The van der Waals surface area contributed by atoms with E-state index in [-0.39, 0.29) is 12.6 Å². The van der Waals surface area contributed by atoms with Crippen molar-refractivity contribution < 1.29 is 9.53 Å². The second kappa shape index (κ2) is 19.2. The molecule has 0 N–H and O–H groups in total. The third kappa shape index (κ3) is 14.2. The summed E-state index contributed by atoms with van der Waals surface area (Å²) < 4.78 is 5.25. The van der Waals surface area contributed by atoms with E-state index in [0.717, 1.165) is 19.6 Å². The van der Waals surface area contributed by atoms with Gasteiger partial charge in [-0.1, -0.05) is 108 Å². The van der Waals surface area contributed by atoms with Gasteiger partial charge < -0.3 is 4.74 Å². The van der Waals surface area contributed by atoms with Crippen molar-refractivity contribution in [2.45, 2.75) is 90.9 Å². The number of ether oxygens (including phenoxy) is 1. The normalized spacial score (nSPS) is 10.6. The zero-order chi connectivity index (χ0) is 21.7. The van der Waals surface area contributed by atoms with Gasteiger partial charge in [-0.2, -0.15) is 0 Å². The molecule has 1 rings (SSSR count). The molecule has 0 heterocycles. The van der Waals surface area contributed by atoms with Crippen LogP contribution in [0.25, 0.3) is 0 Å². The number of hydrogen-bond acceptors (Lipinski definition) is 3. The third-order valence-corrected chi connectivity index (χ3v) is 5.37. The number of hydrogen-bond donors (Lipinski definition) is 0. The van der Waals surface area contributed by atoms with Gasteiger partial charge >= 0.3 is 5.97 Å². The van der Waals surface area contributed by atoms with Gasteiger partial charge in [0.15, 0.2) is 6.61 Å². The second-order valence-electron chi connectivity index (χ2n) is 8.11. The molecule has 0 bridgehead atoms. The highest BCUT2D eigenvalue weighted by atomic mass is 16.5. The Morgan fingerprint density at radius 2 is 1.30 bits per heavy atom. The summed E-state index contributed by atoms with van der Waals surface area (Å²) in [6, 6.07) is 9.09. The van der Waals surface area contributed by atoms with Crippen LogP contribution in [-0.4, -0.2) is 37.1 Å². The first-order chi connectivity index (χ1) is 14.8. The van der Waals surface area contributed by atoms with Crippen LogP contribution in [-0.2, 0) is 4.74 Å². The molecule has 30 heavy (non-hydrogen) atoms. The van der Waals surface area contributed by atoms with E-state index in [9.17, 15) is 4.79 Å². The predicted octanol–water partition coefficient (Wildman–Crippen LogP) is 6.87. The molecule has 0 saturated carbocycles. The molecule has 3 nitrogen and oxygen atoms in total. The molecule has 0 aliphatic carbocycles. The maximum atomic E-state index is 11.9. The minimum absolute atomic E-state index is 0.162. The molecule has 0 aromatic heterocycles. The molecule has 3 heteroatoms. The Kier molecular flexibility index (Phi) is 16.8. The summed E-state index contributed by atoms with van der Waals surface area (Å²) in [5, 5.41) is 0. The van der Waals surface area contributed by atoms with Gasteiger partial charge in [0.05, 0.1) is 12.1 Å². The van der Waals surface area contributed by atoms with Crippen molar-refractivity contribution in [3.63, 3.8) is 0 Å². The minimum atomic E-state index is -0.305. The first-order valence-electron chi connectivity index (χ1n) is 12.2. The van der Waals surface area contributed by atoms with Crippen LogP contribution in [0, 0.1) is 11.8 Å². The SMILES string of the molecule is CCCCCCCCN(CC#CCOC(=O)c1ccccc1)CCCCCCCC. The zero-order valence-electron chi connectivity index (χ0n) is 19.5. The summed E-state index contributed by atoms with van der Waals surface area (Å²) >= 11 is 0. The Morgan fingerprint density at radius 3 is 1.87 bits per heavy atom. The zero-order valence-corrected chi connectivity index (χ0v) is 19.5. The van der Waals surface area contributed by atoms with Crippen LogP contribution in [0.15, 0.2) is 30.3 Å². The molecule has 0 saturated heterocycles. The minimum Gasteiger partial charge on any atom is -0.449 e. The fourth-order valence-electron chi connectivity index (χ4n) is 3.48. The number of unbranched alkanes of at least 4 members (excludes halogenated alkanes) is 10. The number of benzene rings is 1. The second-order valence-corrected chi connectivity index (χ2v) is 8.11. The molecule has 1 aromatic carbocycles. The summed E-state index contributed by atoms with van der Waals surface area (Å²) in [5.41, 5.74) is 0.576. The van der Waals surface area contributed by atoms with Crippen molar-refractivity contribution in [2.75, 3.05) is 26.2 Å². The van der Waals surface area contributed by atoms with Crippen molar-refractivity contribution >= 4 is 5.97 Å². The smallest absolute Gasteiger partial charge is 0.339 e. The number of carbonyl (C=O) groups is 1. The van der Waals surface area contributed by atoms with Gasteiger partial charge in [0.1, 0.15) is 0 Å². The highest BCUT2D eigenvalue weighted by Gasteiger charge is 2.05. The fourth-order valence-corrected chi connectivity index (χ4v) is 3.48. The lowest BCUT2D eigenvalue weighted by Gasteiger charge is -2.19. The van der Waals surface area contributed by atoms with E-state index in [0.29, 0.717) is 5.56 Å². The number of nitrogens with zero attached hydrogens (tertiary/aromatic N) is 1. The average Bonchev–Trinajstić information content (AvgIpc) is 2.78. The summed E-state index contributed by atoms with van der Waals surface area (Å²) in [7, 11) is 0. The van der Waals surface area contributed by atoms with Gasteiger partial charge in [0.25, 0.3) is 0 Å². The van der Waals surface area contributed by atoms with Gasteiger partial charge in [-0.25, -0.2) is 4.79 Å². The predicted molar refractivity (Wildman–Crippen MR) is 128 cm³/mol. The molecular weight excluding hydrogens is 370 g/mol. The van der Waals surface area contributed by atoms with Crippen molar-refractivity contribution in [2.24, 2.45) is 0 Å². The van der Waals surface area contributed by atoms with Gasteiger partial charge in [0.2, 0.25) is 0 Å². The van der Waals surface area contributed by atoms with Crippen LogP contribution in [0.1, 0.15) is 101 Å². The molecule has 0 aliphatic rings. The van der Waals surface area contributed by atoms with Crippen LogP contribution in [0.4, 0.5) is 0 Å². The van der Waals surface area contributed by atoms with Crippen LogP contribution in [0.2, 0.25) is 0 Å². The van der Waals surface area contributed by atoms with Gasteiger partial charge in [0, 0.05) is 0 Å². The molecule has 0 atom stereocenters. The van der Waals surface area contributed by atoms with Crippen molar-refractivity contribution in [3.8, 4) is 11.8 Å². The standard InChI is InChI=1S/C27H43NO2/c1-3-5-7-9-11-16-22-28(23-17-12-10-8-6-4-2)24-18-19-25-30-27(29)26-20-14-13-15-21-26/h13-15,20-21H,3-12,16-17,22-25H2,1-2H3. The van der Waals surface area contributed by atoms with E-state index in [1.54, 1.807) is 12.1 Å². The van der Waals surface area contributed by atoms with Crippen LogP contribution < -0.4 is 0 Å². The number of rotatable bonds is 17. The maximum absolute atomic E-state index is 11.9. The van der Waals surface area contributed by atoms with Crippen molar-refractivity contribution in [1.29, 1.82) is 0 Å². The molecule has 168 valence electrons. The molecule has 0 fully saturated rings. The molecule has 1 aromatic rings. The third-order valence-electron chi connectivity index (χ3n) is 5.37. The van der Waals surface area contributed by atoms with E-state index in [1.807, 2.05) is 18.2 Å². The Balaban J connectivity index is 2.30. The van der Waals surface area contributed by atoms with Crippen molar-refractivity contribution in [1.82, 2.24) is 4.90 Å². The molecule has 0 aliphatic heterocycles. The average molecular weight is 414 g/mol. The highest BCUT2D eigenvalue weighted by molar-refractivity contribution is 5.89. The molecule has 0 spiro atoms. The largest absolute Gasteiger partial charge is 0.449 e. The Hall–Kier alpha value is -1.79. The molecule has 0 radical (unpaired) electrons. The Morgan fingerprint density at radius 1 is 0.767 bits per heavy atom. The molecule has 0 unspecified atom stereocenters. The Labute approximate surface area is 185 Å². The highest BCUT2D eigenvalue weighted by Crippen LogP contribution is 2.09. The lowest BCUT2D eigenvalue weighted by atomic mass is 10.1. The van der Waals surface area contributed by atoms with Crippen LogP contribution >= 0.6 is 0 Å². The fraction of sp³-hybridized carbons (Fsp3) is 0.667. The summed E-state index contributed by atoms with van der Waals surface area (Å²) in [4.78, 5) is 14.4. The van der Waals surface area contributed by atoms with Crippen LogP contribution in [0.3, 0.4) is 0 Å². The monoisotopic (exact) mass is 413 g/mol. The van der Waals surface area contributed by atoms with Crippen molar-refractivity contribution in [3.05, 3.63) is 35.9 Å². The molecular formula is C27H43NO2. The lowest BCUT2D eigenvalue weighted by molar-refractivity contribution is 0.0556. The number of carbonyl (C=O) groups excluding carboxylic acids is 1. The summed E-state index contributed by atoms with van der Waals surface area (Å²) in [5.74, 6) is 5.93. The molecule has 0 amide bonds. The van der Waals surface area contributed by atoms with E-state index < -0.39 is 0 Å². The first kappa shape index (κ1) is 26.2. The lowest BCUT2D eigenvalue weighted by Crippen LogP contribution is -2.26. The topological polar surface area (TPSA) is 29.5 Å². The van der Waals surface area contributed by atoms with Gasteiger partial charge in [-0.05, 0) is 38.1 Å². The van der Waals surface area contributed by atoms with E-state index >= 15 is 0 Å². The number of esters is 1.